The van der Waals surface area contributed by atoms with Crippen LogP contribution in [0, 0.1) is 5.82 Å². The highest BCUT2D eigenvalue weighted by molar-refractivity contribution is 5.94. The molecule has 7 heteroatoms. The van der Waals surface area contributed by atoms with Gasteiger partial charge in [-0.25, -0.2) is 4.39 Å². The molecule has 2 aromatic rings. The SMILES string of the molecule is COc1ccc(C(=O)NCCN2CCN(C(=O)/C=C/c3ccc(F)cc3)CC2)cc1. The lowest BCUT2D eigenvalue weighted by atomic mass is 10.2. The van der Waals surface area contributed by atoms with Crippen molar-refractivity contribution in [2.75, 3.05) is 46.4 Å². The molecule has 158 valence electrons. The molecule has 0 saturated carbocycles. The molecule has 0 aliphatic carbocycles. The molecular weight excluding hydrogens is 385 g/mol. The quantitative estimate of drug-likeness (QED) is 0.711. The standard InChI is InChI=1S/C23H26FN3O3/c1-30-21-9-5-19(6-10-21)23(29)25-12-13-26-14-16-27(17-15-26)22(28)11-4-18-2-7-20(24)8-3-18/h2-11H,12-17H2,1H3,(H,25,29)/b11-4+. The maximum Gasteiger partial charge on any atom is 0.251 e. The summed E-state index contributed by atoms with van der Waals surface area (Å²) in [6, 6.07) is 13.0. The molecule has 0 bridgehead atoms. The van der Waals surface area contributed by atoms with E-state index in [4.69, 9.17) is 4.74 Å². The summed E-state index contributed by atoms with van der Waals surface area (Å²) in [5.74, 6) is 0.255. The molecule has 3 rings (SSSR count). The van der Waals surface area contributed by atoms with Crippen LogP contribution in [0.1, 0.15) is 15.9 Å². The monoisotopic (exact) mass is 411 g/mol. The van der Waals surface area contributed by atoms with Crippen molar-refractivity contribution >= 4 is 17.9 Å². The normalized spacial score (nSPS) is 14.7. The molecule has 0 radical (unpaired) electrons. The van der Waals surface area contributed by atoms with Crippen molar-refractivity contribution in [3.8, 4) is 5.75 Å². The zero-order valence-corrected chi connectivity index (χ0v) is 17.0. The Kier molecular flexibility index (Phi) is 7.57. The van der Waals surface area contributed by atoms with Gasteiger partial charge in [-0.3, -0.25) is 14.5 Å². The number of nitrogens with one attached hydrogen (secondary N) is 1. The maximum absolute atomic E-state index is 12.9. The highest BCUT2D eigenvalue weighted by atomic mass is 19.1. The zero-order valence-electron chi connectivity index (χ0n) is 17.0. The van der Waals surface area contributed by atoms with Gasteiger partial charge < -0.3 is 15.0 Å². The van der Waals surface area contributed by atoms with Crippen LogP contribution in [0.3, 0.4) is 0 Å². The second-order valence-corrected chi connectivity index (χ2v) is 7.04. The van der Waals surface area contributed by atoms with Gasteiger partial charge in [-0.1, -0.05) is 12.1 Å². The van der Waals surface area contributed by atoms with Gasteiger partial charge in [0.25, 0.3) is 5.91 Å². The van der Waals surface area contributed by atoms with Crippen molar-refractivity contribution in [3.63, 3.8) is 0 Å². The van der Waals surface area contributed by atoms with Crippen LogP contribution in [-0.4, -0.2) is 68.0 Å². The smallest absolute Gasteiger partial charge is 0.251 e. The van der Waals surface area contributed by atoms with E-state index in [9.17, 15) is 14.0 Å². The van der Waals surface area contributed by atoms with Crippen LogP contribution in [-0.2, 0) is 4.79 Å². The van der Waals surface area contributed by atoms with E-state index in [0.29, 0.717) is 30.9 Å². The number of nitrogens with zero attached hydrogens (tertiary/aromatic N) is 2. The van der Waals surface area contributed by atoms with E-state index in [1.165, 1.54) is 18.2 Å². The first kappa shape index (κ1) is 21.5. The number of hydrogen-bond donors (Lipinski definition) is 1. The minimum Gasteiger partial charge on any atom is -0.497 e. The average molecular weight is 411 g/mol. The average Bonchev–Trinajstić information content (AvgIpc) is 2.79. The first-order valence-corrected chi connectivity index (χ1v) is 9.92. The van der Waals surface area contributed by atoms with Crippen molar-refractivity contribution in [2.45, 2.75) is 0 Å². The van der Waals surface area contributed by atoms with Gasteiger partial charge in [-0.2, -0.15) is 0 Å². The van der Waals surface area contributed by atoms with Gasteiger partial charge in [-0.15, -0.1) is 0 Å². The summed E-state index contributed by atoms with van der Waals surface area (Å²) in [4.78, 5) is 28.5. The number of carbonyl (C=O) groups excluding carboxylic acids is 2. The third-order valence-corrected chi connectivity index (χ3v) is 5.04. The third-order valence-electron chi connectivity index (χ3n) is 5.04. The predicted molar refractivity (Wildman–Crippen MR) is 114 cm³/mol. The van der Waals surface area contributed by atoms with Gasteiger partial charge in [0.1, 0.15) is 11.6 Å². The highest BCUT2D eigenvalue weighted by Crippen LogP contribution is 2.11. The van der Waals surface area contributed by atoms with Crippen molar-refractivity contribution in [1.82, 2.24) is 15.1 Å². The molecule has 1 heterocycles. The van der Waals surface area contributed by atoms with E-state index < -0.39 is 0 Å². The second-order valence-electron chi connectivity index (χ2n) is 7.04. The number of piperazine rings is 1. The second kappa shape index (κ2) is 10.5. The molecule has 0 spiro atoms. The van der Waals surface area contributed by atoms with Crippen LogP contribution < -0.4 is 10.1 Å². The molecule has 30 heavy (non-hydrogen) atoms. The highest BCUT2D eigenvalue weighted by Gasteiger charge is 2.19. The first-order valence-electron chi connectivity index (χ1n) is 9.92. The number of ether oxygens (including phenoxy) is 1. The number of amides is 2. The molecule has 6 nitrogen and oxygen atoms in total. The molecule has 0 aromatic heterocycles. The van der Waals surface area contributed by atoms with Crippen LogP contribution in [0.4, 0.5) is 4.39 Å². The summed E-state index contributed by atoms with van der Waals surface area (Å²) >= 11 is 0. The molecule has 1 saturated heterocycles. The first-order chi connectivity index (χ1) is 14.5. The minimum absolute atomic E-state index is 0.0493. The summed E-state index contributed by atoms with van der Waals surface area (Å²) < 4.78 is 18.0. The Hall–Kier alpha value is -3.19. The molecule has 1 N–H and O–H groups in total. The molecule has 2 aromatic carbocycles. The lowest BCUT2D eigenvalue weighted by Crippen LogP contribution is -2.49. The van der Waals surface area contributed by atoms with Gasteiger partial charge in [0, 0.05) is 50.9 Å². The van der Waals surface area contributed by atoms with Gasteiger partial charge in [0.15, 0.2) is 0 Å². The Bertz CT molecular complexity index is 874. The van der Waals surface area contributed by atoms with Crippen LogP contribution in [0.5, 0.6) is 5.75 Å². The number of methoxy groups -OCH3 is 1. The lowest BCUT2D eigenvalue weighted by molar-refractivity contribution is -0.127. The van der Waals surface area contributed by atoms with E-state index in [1.54, 1.807) is 54.5 Å². The van der Waals surface area contributed by atoms with Gasteiger partial charge in [0.2, 0.25) is 5.91 Å². The number of carbonyl (C=O) groups is 2. The van der Waals surface area contributed by atoms with Crippen molar-refractivity contribution in [1.29, 1.82) is 0 Å². The van der Waals surface area contributed by atoms with Crippen LogP contribution in [0.25, 0.3) is 6.08 Å². The van der Waals surface area contributed by atoms with Crippen molar-refractivity contribution in [2.24, 2.45) is 0 Å². The van der Waals surface area contributed by atoms with E-state index in [0.717, 1.165) is 25.2 Å². The Morgan fingerprint density at radius 3 is 2.33 bits per heavy atom. The minimum atomic E-state index is -0.296. The van der Waals surface area contributed by atoms with Gasteiger partial charge >= 0.3 is 0 Å². The summed E-state index contributed by atoms with van der Waals surface area (Å²) in [5.41, 5.74) is 1.38. The van der Waals surface area contributed by atoms with Gasteiger partial charge in [-0.05, 0) is 48.0 Å². The zero-order chi connectivity index (χ0) is 21.3. The summed E-state index contributed by atoms with van der Waals surface area (Å²) in [7, 11) is 1.59. The van der Waals surface area contributed by atoms with Crippen molar-refractivity contribution < 1.29 is 18.7 Å². The van der Waals surface area contributed by atoms with E-state index >= 15 is 0 Å². The van der Waals surface area contributed by atoms with E-state index in [1.807, 2.05) is 0 Å². The topological polar surface area (TPSA) is 61.9 Å². The predicted octanol–water partition coefficient (Wildman–Crippen LogP) is 2.42. The Morgan fingerprint density at radius 1 is 1.03 bits per heavy atom. The van der Waals surface area contributed by atoms with E-state index in [-0.39, 0.29) is 17.6 Å². The van der Waals surface area contributed by atoms with Crippen LogP contribution in [0.2, 0.25) is 0 Å². The van der Waals surface area contributed by atoms with Crippen LogP contribution in [0.15, 0.2) is 54.6 Å². The molecule has 2 amide bonds. The number of benzene rings is 2. The molecule has 0 unspecified atom stereocenters. The molecule has 0 atom stereocenters. The number of hydrogen-bond acceptors (Lipinski definition) is 4. The summed E-state index contributed by atoms with van der Waals surface area (Å²) in [6.45, 7) is 4.07. The Labute approximate surface area is 175 Å². The molecule has 1 aliphatic rings. The molecular formula is C23H26FN3O3. The summed E-state index contributed by atoms with van der Waals surface area (Å²) in [6.07, 6.45) is 3.22. The fraction of sp³-hybridized carbons (Fsp3) is 0.304. The third kappa shape index (κ3) is 6.15. The lowest BCUT2D eigenvalue weighted by Gasteiger charge is -2.34. The molecule has 1 fully saturated rings. The largest absolute Gasteiger partial charge is 0.497 e. The number of rotatable bonds is 7. The number of halogens is 1. The van der Waals surface area contributed by atoms with E-state index in [2.05, 4.69) is 10.2 Å². The Morgan fingerprint density at radius 2 is 1.70 bits per heavy atom. The Balaban J connectivity index is 1.37. The summed E-state index contributed by atoms with van der Waals surface area (Å²) in [5, 5.41) is 2.92. The maximum atomic E-state index is 12.9. The molecule has 1 aliphatic heterocycles. The van der Waals surface area contributed by atoms with Gasteiger partial charge in [0.05, 0.1) is 7.11 Å². The fourth-order valence-electron chi connectivity index (χ4n) is 3.21. The van der Waals surface area contributed by atoms with Crippen LogP contribution >= 0.6 is 0 Å². The van der Waals surface area contributed by atoms with Crippen molar-refractivity contribution in [3.05, 3.63) is 71.6 Å². The fourth-order valence-corrected chi connectivity index (χ4v) is 3.21.